The van der Waals surface area contributed by atoms with Crippen LogP contribution in [-0.2, 0) is 6.18 Å². The number of hydrogen-bond acceptors (Lipinski definition) is 2. The van der Waals surface area contributed by atoms with Gasteiger partial charge in [-0.05, 0) is 68.1 Å². The maximum Gasteiger partial charge on any atom is 0.417 e. The fraction of sp³-hybridized carbons (Fsp3) is 0.435. The summed E-state index contributed by atoms with van der Waals surface area (Å²) >= 11 is 0. The lowest BCUT2D eigenvalue weighted by Gasteiger charge is -2.28. The lowest BCUT2D eigenvalue weighted by Crippen LogP contribution is -2.42. The first-order valence-electron chi connectivity index (χ1n) is 10.2. The van der Waals surface area contributed by atoms with E-state index < -0.39 is 11.7 Å². The molecule has 4 rings (SSSR count). The minimum Gasteiger partial charge on any atom is -0.334 e. The zero-order valence-electron chi connectivity index (χ0n) is 16.3. The molecular formula is C23H25F3N2O. The van der Waals surface area contributed by atoms with Gasteiger partial charge in [0.25, 0.3) is 5.91 Å². The molecule has 0 radical (unpaired) electrons. The molecule has 2 heterocycles. The molecule has 2 aromatic carbocycles. The highest BCUT2D eigenvalue weighted by Gasteiger charge is 2.34. The molecule has 1 atom stereocenters. The summed E-state index contributed by atoms with van der Waals surface area (Å²) in [6.45, 7) is 3.87. The monoisotopic (exact) mass is 402 g/mol. The number of hydrogen-bond donors (Lipinski definition) is 0. The maximum atomic E-state index is 13.3. The Labute approximate surface area is 169 Å². The number of halogens is 3. The zero-order chi connectivity index (χ0) is 20.4. The Balaban J connectivity index is 1.51. The molecule has 0 bridgehead atoms. The molecule has 1 unspecified atom stereocenters. The number of amides is 1. The minimum absolute atomic E-state index is 0.0256. The Morgan fingerprint density at radius 2 is 1.62 bits per heavy atom. The predicted molar refractivity (Wildman–Crippen MR) is 107 cm³/mol. The summed E-state index contributed by atoms with van der Waals surface area (Å²) in [5, 5.41) is 0. The first-order chi connectivity index (χ1) is 13.9. The fourth-order valence-electron chi connectivity index (χ4n) is 4.50. The van der Waals surface area contributed by atoms with Crippen LogP contribution >= 0.6 is 0 Å². The van der Waals surface area contributed by atoms with E-state index in [0.717, 1.165) is 45.1 Å². The zero-order valence-corrected chi connectivity index (χ0v) is 16.3. The summed E-state index contributed by atoms with van der Waals surface area (Å²) in [5.74, 6) is -0.0256. The minimum atomic E-state index is -4.41. The van der Waals surface area contributed by atoms with Crippen LogP contribution in [0.3, 0.4) is 0 Å². The quantitative estimate of drug-likeness (QED) is 0.713. The van der Waals surface area contributed by atoms with E-state index in [1.54, 1.807) is 30.3 Å². The molecular weight excluding hydrogens is 377 g/mol. The highest BCUT2D eigenvalue weighted by atomic mass is 19.4. The summed E-state index contributed by atoms with van der Waals surface area (Å²) in [4.78, 5) is 17.4. The van der Waals surface area contributed by atoms with Crippen molar-refractivity contribution in [3.05, 3.63) is 59.7 Å². The van der Waals surface area contributed by atoms with Gasteiger partial charge in [0.2, 0.25) is 0 Å². The van der Waals surface area contributed by atoms with Crippen LogP contribution in [0.1, 0.15) is 41.6 Å². The van der Waals surface area contributed by atoms with Crippen LogP contribution < -0.4 is 0 Å². The molecule has 0 aromatic heterocycles. The van der Waals surface area contributed by atoms with Crippen molar-refractivity contribution in [1.82, 2.24) is 9.80 Å². The van der Waals surface area contributed by atoms with Crippen LogP contribution in [0.15, 0.2) is 48.5 Å². The molecule has 2 aliphatic heterocycles. The molecule has 3 nitrogen and oxygen atoms in total. The van der Waals surface area contributed by atoms with Gasteiger partial charge < -0.3 is 9.80 Å². The third kappa shape index (κ3) is 4.32. The van der Waals surface area contributed by atoms with Crippen molar-refractivity contribution < 1.29 is 18.0 Å². The van der Waals surface area contributed by atoms with Crippen molar-refractivity contribution in [3.63, 3.8) is 0 Å². The van der Waals surface area contributed by atoms with E-state index in [9.17, 15) is 18.0 Å². The first-order valence-corrected chi connectivity index (χ1v) is 10.2. The Morgan fingerprint density at radius 1 is 0.931 bits per heavy atom. The van der Waals surface area contributed by atoms with Gasteiger partial charge in [0.15, 0.2) is 0 Å². The number of nitrogens with zero attached hydrogens (tertiary/aromatic N) is 2. The first kappa shape index (κ1) is 20.0. The molecule has 0 aliphatic carbocycles. The SMILES string of the molecule is O=C(c1ccc(-c2ccccc2C(F)(F)F)cc1)N1CCCC1CN1CCCC1. The molecule has 2 fully saturated rings. The van der Waals surface area contributed by atoms with E-state index in [0.29, 0.717) is 11.1 Å². The van der Waals surface area contributed by atoms with Gasteiger partial charge in [0.1, 0.15) is 0 Å². The average Bonchev–Trinajstić information content (AvgIpc) is 3.39. The second-order valence-corrected chi connectivity index (χ2v) is 7.92. The van der Waals surface area contributed by atoms with Gasteiger partial charge in [-0.2, -0.15) is 13.2 Å². The van der Waals surface area contributed by atoms with Crippen molar-refractivity contribution in [2.75, 3.05) is 26.2 Å². The third-order valence-electron chi connectivity index (χ3n) is 5.98. The largest absolute Gasteiger partial charge is 0.417 e. The van der Waals surface area contributed by atoms with Gasteiger partial charge >= 0.3 is 6.18 Å². The fourth-order valence-corrected chi connectivity index (χ4v) is 4.50. The lowest BCUT2D eigenvalue weighted by atomic mass is 9.98. The number of likely N-dealkylation sites (tertiary alicyclic amines) is 2. The van der Waals surface area contributed by atoms with Gasteiger partial charge in [-0.1, -0.05) is 30.3 Å². The van der Waals surface area contributed by atoms with Crippen molar-refractivity contribution in [3.8, 4) is 11.1 Å². The van der Waals surface area contributed by atoms with Crippen LogP contribution in [0.5, 0.6) is 0 Å². The van der Waals surface area contributed by atoms with E-state index in [1.165, 1.54) is 25.0 Å². The Bertz CT molecular complexity index is 857. The molecule has 154 valence electrons. The second kappa shape index (κ2) is 8.19. The van der Waals surface area contributed by atoms with Gasteiger partial charge in [0, 0.05) is 24.7 Å². The number of alkyl halides is 3. The summed E-state index contributed by atoms with van der Waals surface area (Å²) < 4.78 is 39.9. The Morgan fingerprint density at radius 3 is 2.31 bits per heavy atom. The van der Waals surface area contributed by atoms with Gasteiger partial charge in [-0.3, -0.25) is 4.79 Å². The van der Waals surface area contributed by atoms with E-state index in [1.807, 2.05) is 4.90 Å². The highest BCUT2D eigenvalue weighted by Crippen LogP contribution is 2.37. The van der Waals surface area contributed by atoms with Gasteiger partial charge in [-0.25, -0.2) is 0 Å². The van der Waals surface area contributed by atoms with E-state index in [2.05, 4.69) is 4.90 Å². The van der Waals surface area contributed by atoms with Crippen LogP contribution in [0.2, 0.25) is 0 Å². The van der Waals surface area contributed by atoms with Crippen LogP contribution in [0.25, 0.3) is 11.1 Å². The summed E-state index contributed by atoms with van der Waals surface area (Å²) in [6, 6.07) is 12.3. The summed E-state index contributed by atoms with van der Waals surface area (Å²) in [7, 11) is 0. The third-order valence-corrected chi connectivity index (χ3v) is 5.98. The standard InChI is InChI=1S/C23H25F3N2O/c24-23(25,26)21-8-2-1-7-20(21)17-9-11-18(12-10-17)22(29)28-15-5-6-19(28)16-27-13-3-4-14-27/h1-2,7-12,19H,3-6,13-16H2. The smallest absolute Gasteiger partial charge is 0.334 e. The highest BCUT2D eigenvalue weighted by molar-refractivity contribution is 5.95. The lowest BCUT2D eigenvalue weighted by molar-refractivity contribution is -0.137. The van der Waals surface area contributed by atoms with Crippen molar-refractivity contribution in [1.29, 1.82) is 0 Å². The van der Waals surface area contributed by atoms with Crippen LogP contribution in [0.4, 0.5) is 13.2 Å². The molecule has 2 aromatic rings. The molecule has 1 amide bonds. The average molecular weight is 402 g/mol. The second-order valence-electron chi connectivity index (χ2n) is 7.92. The van der Waals surface area contributed by atoms with E-state index >= 15 is 0 Å². The number of carbonyl (C=O) groups is 1. The summed E-state index contributed by atoms with van der Waals surface area (Å²) in [5.41, 5.74) is 0.465. The number of benzene rings is 2. The van der Waals surface area contributed by atoms with Gasteiger partial charge in [-0.15, -0.1) is 0 Å². The molecule has 2 aliphatic rings. The predicted octanol–water partition coefficient (Wildman–Crippen LogP) is 5.07. The molecule has 6 heteroatoms. The van der Waals surface area contributed by atoms with Gasteiger partial charge in [0.05, 0.1) is 5.56 Å². The van der Waals surface area contributed by atoms with E-state index in [-0.39, 0.29) is 17.5 Å². The maximum absolute atomic E-state index is 13.3. The van der Waals surface area contributed by atoms with Crippen LogP contribution in [-0.4, -0.2) is 47.9 Å². The van der Waals surface area contributed by atoms with Crippen molar-refractivity contribution in [2.24, 2.45) is 0 Å². The van der Waals surface area contributed by atoms with E-state index in [4.69, 9.17) is 0 Å². The molecule has 0 saturated carbocycles. The summed E-state index contributed by atoms with van der Waals surface area (Å²) in [6.07, 6.45) is 0.0487. The molecule has 0 spiro atoms. The van der Waals surface area contributed by atoms with Crippen molar-refractivity contribution >= 4 is 5.91 Å². The Hall–Kier alpha value is -2.34. The topological polar surface area (TPSA) is 23.6 Å². The van der Waals surface area contributed by atoms with Crippen molar-refractivity contribution in [2.45, 2.75) is 37.9 Å². The Kier molecular flexibility index (Phi) is 5.63. The normalized spacial score (nSPS) is 20.4. The molecule has 0 N–H and O–H groups in total. The molecule has 29 heavy (non-hydrogen) atoms. The number of carbonyl (C=O) groups excluding carboxylic acids is 1. The molecule has 2 saturated heterocycles. The van der Waals surface area contributed by atoms with Crippen LogP contribution in [0, 0.1) is 0 Å². The number of rotatable bonds is 4.